The van der Waals surface area contributed by atoms with E-state index < -0.39 is 0 Å². The monoisotopic (exact) mass is 238 g/mol. The fraction of sp³-hybridized carbons (Fsp3) is 1.00. The van der Waals surface area contributed by atoms with Gasteiger partial charge >= 0.3 is 0 Å². The highest BCUT2D eigenvalue weighted by Gasteiger charge is 2.35. The van der Waals surface area contributed by atoms with Crippen molar-refractivity contribution < 1.29 is 0 Å². The fourth-order valence-electron chi connectivity index (χ4n) is 3.61. The van der Waals surface area contributed by atoms with Crippen LogP contribution in [0.25, 0.3) is 0 Å². The third-order valence-electron chi connectivity index (χ3n) is 4.94. The zero-order valence-electron chi connectivity index (χ0n) is 11.9. The number of unbranched alkanes of at least 4 members (excludes halogenated alkanes) is 2. The lowest BCUT2D eigenvalue weighted by atomic mass is 9.96. The van der Waals surface area contributed by atoms with Crippen LogP contribution in [0, 0.1) is 0 Å². The van der Waals surface area contributed by atoms with Crippen molar-refractivity contribution in [2.24, 2.45) is 0 Å². The summed E-state index contributed by atoms with van der Waals surface area (Å²) in [6.45, 7) is 4.71. The van der Waals surface area contributed by atoms with Crippen LogP contribution in [0.1, 0.15) is 65.2 Å². The Hall–Kier alpha value is -0.0800. The largest absolute Gasteiger partial charge is 0.311 e. The number of rotatable bonds is 6. The summed E-state index contributed by atoms with van der Waals surface area (Å²) in [6.07, 6.45) is 11.1. The normalized spacial score (nSPS) is 34.2. The second-order valence-corrected chi connectivity index (χ2v) is 6.27. The van der Waals surface area contributed by atoms with Crippen molar-refractivity contribution in [2.45, 2.75) is 89.4 Å². The molecular weight excluding hydrogens is 208 g/mol. The Morgan fingerprint density at radius 2 is 1.82 bits per heavy atom. The predicted molar refractivity (Wildman–Crippen MR) is 74.3 cm³/mol. The Morgan fingerprint density at radius 3 is 2.41 bits per heavy atom. The van der Waals surface area contributed by atoms with E-state index in [-0.39, 0.29) is 0 Å². The van der Waals surface area contributed by atoms with E-state index in [1.165, 1.54) is 51.4 Å². The smallest absolute Gasteiger partial charge is 0.0125 e. The zero-order chi connectivity index (χ0) is 12.3. The molecule has 2 rings (SSSR count). The molecule has 3 atom stereocenters. The minimum atomic E-state index is 0.768. The molecule has 0 aromatic heterocycles. The van der Waals surface area contributed by atoms with E-state index in [9.17, 15) is 0 Å². The molecule has 0 saturated carbocycles. The summed E-state index contributed by atoms with van der Waals surface area (Å²) in [4.78, 5) is 2.67. The highest BCUT2D eigenvalue weighted by atomic mass is 15.2. The second kappa shape index (κ2) is 6.19. The minimum absolute atomic E-state index is 0.768. The van der Waals surface area contributed by atoms with Crippen molar-refractivity contribution in [1.82, 2.24) is 10.2 Å². The van der Waals surface area contributed by atoms with E-state index in [1.807, 2.05) is 0 Å². The summed E-state index contributed by atoms with van der Waals surface area (Å²) >= 11 is 0. The number of nitrogens with zero attached hydrogens (tertiary/aromatic N) is 1. The van der Waals surface area contributed by atoms with Gasteiger partial charge in [-0.25, -0.2) is 0 Å². The van der Waals surface area contributed by atoms with Gasteiger partial charge in [-0.05, 0) is 46.1 Å². The highest BCUT2D eigenvalue weighted by molar-refractivity contribution is 4.95. The van der Waals surface area contributed by atoms with Gasteiger partial charge in [0.15, 0.2) is 0 Å². The van der Waals surface area contributed by atoms with Gasteiger partial charge in [-0.15, -0.1) is 0 Å². The van der Waals surface area contributed by atoms with Crippen molar-refractivity contribution >= 4 is 0 Å². The molecule has 2 fully saturated rings. The van der Waals surface area contributed by atoms with Crippen LogP contribution in [0.4, 0.5) is 0 Å². The third-order valence-corrected chi connectivity index (χ3v) is 4.94. The first-order valence-corrected chi connectivity index (χ1v) is 7.68. The van der Waals surface area contributed by atoms with Crippen molar-refractivity contribution in [3.05, 3.63) is 0 Å². The van der Waals surface area contributed by atoms with Gasteiger partial charge in [-0.1, -0.05) is 26.2 Å². The third kappa shape index (κ3) is 3.45. The van der Waals surface area contributed by atoms with E-state index >= 15 is 0 Å². The molecule has 0 amide bonds. The number of piperidine rings is 1. The molecule has 2 heterocycles. The van der Waals surface area contributed by atoms with Crippen molar-refractivity contribution in [3.8, 4) is 0 Å². The molecule has 0 radical (unpaired) electrons. The van der Waals surface area contributed by atoms with Gasteiger partial charge < -0.3 is 10.2 Å². The van der Waals surface area contributed by atoms with Crippen molar-refractivity contribution in [3.63, 3.8) is 0 Å². The number of hydrogen-bond donors (Lipinski definition) is 1. The van der Waals surface area contributed by atoms with Crippen LogP contribution in [0.5, 0.6) is 0 Å². The maximum absolute atomic E-state index is 3.74. The Bertz CT molecular complexity index is 217. The Morgan fingerprint density at radius 1 is 1.18 bits per heavy atom. The molecule has 2 heteroatoms. The van der Waals surface area contributed by atoms with Gasteiger partial charge in [-0.3, -0.25) is 0 Å². The molecule has 3 unspecified atom stereocenters. The summed E-state index contributed by atoms with van der Waals surface area (Å²) in [7, 11) is 2.35. The van der Waals surface area contributed by atoms with Crippen molar-refractivity contribution in [2.75, 3.05) is 7.05 Å². The van der Waals surface area contributed by atoms with E-state index in [0.29, 0.717) is 0 Å². The van der Waals surface area contributed by atoms with Crippen LogP contribution in [0.15, 0.2) is 0 Å². The lowest BCUT2D eigenvalue weighted by Gasteiger charge is -2.39. The highest BCUT2D eigenvalue weighted by Crippen LogP contribution is 2.30. The standard InChI is InChI=1S/C15H30N2/c1-4-5-6-7-12(2)17(3)15-10-13-8-9-14(11-15)16-13/h12-16H,4-11H2,1-3H3. The molecule has 0 spiro atoms. The summed E-state index contributed by atoms with van der Waals surface area (Å²) < 4.78 is 0. The molecule has 2 aliphatic heterocycles. The van der Waals surface area contributed by atoms with E-state index in [4.69, 9.17) is 0 Å². The van der Waals surface area contributed by atoms with Crippen LogP contribution in [-0.2, 0) is 0 Å². The van der Waals surface area contributed by atoms with Gasteiger partial charge in [-0.2, -0.15) is 0 Å². The fourth-order valence-corrected chi connectivity index (χ4v) is 3.61. The lowest BCUT2D eigenvalue weighted by molar-refractivity contribution is 0.126. The molecule has 2 bridgehead atoms. The molecule has 1 N–H and O–H groups in total. The average Bonchev–Trinajstić information content (AvgIpc) is 2.67. The van der Waals surface area contributed by atoms with Crippen molar-refractivity contribution in [1.29, 1.82) is 0 Å². The summed E-state index contributed by atoms with van der Waals surface area (Å²) in [5.74, 6) is 0. The molecule has 17 heavy (non-hydrogen) atoms. The number of fused-ring (bicyclic) bond motifs is 2. The first-order chi connectivity index (χ1) is 8.20. The molecular formula is C15H30N2. The van der Waals surface area contributed by atoms with Gasteiger partial charge in [0.05, 0.1) is 0 Å². The van der Waals surface area contributed by atoms with E-state index in [0.717, 1.165) is 24.2 Å². The van der Waals surface area contributed by atoms with Crippen LogP contribution in [0.3, 0.4) is 0 Å². The summed E-state index contributed by atoms with van der Waals surface area (Å²) in [5, 5.41) is 3.74. The predicted octanol–water partition coefficient (Wildman–Crippen LogP) is 3.17. The van der Waals surface area contributed by atoms with Gasteiger partial charge in [0, 0.05) is 24.2 Å². The number of nitrogens with one attached hydrogen (secondary N) is 1. The summed E-state index contributed by atoms with van der Waals surface area (Å²) in [5.41, 5.74) is 0. The summed E-state index contributed by atoms with van der Waals surface area (Å²) in [6, 6.07) is 3.25. The lowest BCUT2D eigenvalue weighted by Crippen LogP contribution is -2.49. The van der Waals surface area contributed by atoms with E-state index in [1.54, 1.807) is 0 Å². The minimum Gasteiger partial charge on any atom is -0.311 e. The Labute approximate surface area is 107 Å². The quantitative estimate of drug-likeness (QED) is 0.715. The first-order valence-electron chi connectivity index (χ1n) is 7.68. The van der Waals surface area contributed by atoms with Crippen LogP contribution in [0.2, 0.25) is 0 Å². The average molecular weight is 238 g/mol. The van der Waals surface area contributed by atoms with Gasteiger partial charge in [0.2, 0.25) is 0 Å². The van der Waals surface area contributed by atoms with Crippen LogP contribution >= 0.6 is 0 Å². The molecule has 0 aromatic carbocycles. The maximum Gasteiger partial charge on any atom is 0.0125 e. The molecule has 0 aromatic rings. The van der Waals surface area contributed by atoms with Crippen LogP contribution in [-0.4, -0.2) is 36.1 Å². The topological polar surface area (TPSA) is 15.3 Å². The number of hydrogen-bond acceptors (Lipinski definition) is 2. The van der Waals surface area contributed by atoms with Crippen LogP contribution < -0.4 is 5.32 Å². The Kier molecular flexibility index (Phi) is 4.87. The molecule has 2 saturated heterocycles. The zero-order valence-corrected chi connectivity index (χ0v) is 11.9. The van der Waals surface area contributed by atoms with Gasteiger partial charge in [0.1, 0.15) is 0 Å². The van der Waals surface area contributed by atoms with Gasteiger partial charge in [0.25, 0.3) is 0 Å². The Balaban J connectivity index is 1.76. The van der Waals surface area contributed by atoms with E-state index in [2.05, 4.69) is 31.1 Å². The molecule has 2 nitrogen and oxygen atoms in total. The maximum atomic E-state index is 3.74. The SMILES string of the molecule is CCCCCC(C)N(C)C1CC2CCC(C1)N2. The molecule has 0 aliphatic carbocycles. The second-order valence-electron chi connectivity index (χ2n) is 6.27. The molecule has 100 valence electrons. The molecule has 2 aliphatic rings. The first kappa shape index (κ1) is 13.4.